The van der Waals surface area contributed by atoms with Gasteiger partial charge < -0.3 is 15.4 Å². The number of halogens is 1. The lowest BCUT2D eigenvalue weighted by molar-refractivity contribution is 0.0949. The molecule has 0 aliphatic carbocycles. The number of pyridine rings is 1. The molecule has 0 aliphatic rings. The number of carbonyl (C=O) groups is 1. The molecule has 0 aliphatic heterocycles. The van der Waals surface area contributed by atoms with Crippen LogP contribution in [0.4, 0.5) is 10.1 Å². The zero-order valence-corrected chi connectivity index (χ0v) is 16.3. The highest BCUT2D eigenvalue weighted by molar-refractivity contribution is 5.92. The Balaban J connectivity index is 1.44. The van der Waals surface area contributed by atoms with Crippen LogP contribution in [0.3, 0.4) is 0 Å². The summed E-state index contributed by atoms with van der Waals surface area (Å²) in [7, 11) is 1.67. The molecular formula is C23H24FN3O2. The van der Waals surface area contributed by atoms with E-state index in [4.69, 9.17) is 4.74 Å². The van der Waals surface area contributed by atoms with Gasteiger partial charge in [0.25, 0.3) is 5.91 Å². The van der Waals surface area contributed by atoms with Gasteiger partial charge in [-0.15, -0.1) is 0 Å². The fourth-order valence-electron chi connectivity index (χ4n) is 2.95. The highest BCUT2D eigenvalue weighted by Gasteiger charge is 2.07. The van der Waals surface area contributed by atoms with Gasteiger partial charge in [0.15, 0.2) is 0 Å². The first-order valence-electron chi connectivity index (χ1n) is 9.50. The molecule has 5 nitrogen and oxygen atoms in total. The van der Waals surface area contributed by atoms with Gasteiger partial charge in [0.1, 0.15) is 17.3 Å². The number of anilines is 1. The summed E-state index contributed by atoms with van der Waals surface area (Å²) in [4.78, 5) is 16.4. The molecule has 0 atom stereocenters. The molecule has 1 heterocycles. The molecule has 1 amide bonds. The molecule has 0 radical (unpaired) electrons. The van der Waals surface area contributed by atoms with E-state index in [2.05, 4.69) is 15.6 Å². The van der Waals surface area contributed by atoms with Crippen molar-refractivity contribution in [2.45, 2.75) is 12.8 Å². The normalized spacial score (nSPS) is 10.4. The van der Waals surface area contributed by atoms with E-state index in [-0.39, 0.29) is 11.7 Å². The summed E-state index contributed by atoms with van der Waals surface area (Å²) >= 11 is 0. The van der Waals surface area contributed by atoms with Crippen LogP contribution in [0.5, 0.6) is 5.75 Å². The van der Waals surface area contributed by atoms with Crippen molar-refractivity contribution in [3.05, 3.63) is 89.5 Å². The summed E-state index contributed by atoms with van der Waals surface area (Å²) in [5.74, 6) is 0.381. The quantitative estimate of drug-likeness (QED) is 0.580. The van der Waals surface area contributed by atoms with E-state index in [1.165, 1.54) is 12.1 Å². The van der Waals surface area contributed by atoms with E-state index in [1.807, 2.05) is 30.3 Å². The lowest BCUT2D eigenvalue weighted by Crippen LogP contribution is -2.26. The summed E-state index contributed by atoms with van der Waals surface area (Å²) in [6.07, 6.45) is 3.10. The van der Waals surface area contributed by atoms with Crippen LogP contribution in [0.2, 0.25) is 0 Å². The monoisotopic (exact) mass is 393 g/mol. The van der Waals surface area contributed by atoms with Crippen LogP contribution < -0.4 is 15.4 Å². The van der Waals surface area contributed by atoms with Crippen LogP contribution >= 0.6 is 0 Å². The van der Waals surface area contributed by atoms with E-state index >= 15 is 0 Å². The fourth-order valence-corrected chi connectivity index (χ4v) is 2.95. The van der Waals surface area contributed by atoms with Crippen LogP contribution in [-0.2, 0) is 12.8 Å². The summed E-state index contributed by atoms with van der Waals surface area (Å²) < 4.78 is 18.3. The molecule has 6 heteroatoms. The minimum atomic E-state index is -0.265. The maximum atomic E-state index is 12.9. The zero-order chi connectivity index (χ0) is 20.5. The van der Waals surface area contributed by atoms with Gasteiger partial charge in [0.05, 0.1) is 19.0 Å². The third kappa shape index (κ3) is 6.04. The highest BCUT2D eigenvalue weighted by atomic mass is 19.1. The maximum absolute atomic E-state index is 12.9. The number of carbonyl (C=O) groups excluding carboxylic acids is 1. The van der Waals surface area contributed by atoms with Crippen molar-refractivity contribution >= 4 is 11.6 Å². The first kappa shape index (κ1) is 20.3. The van der Waals surface area contributed by atoms with Gasteiger partial charge in [-0.3, -0.25) is 4.79 Å². The molecule has 3 rings (SSSR count). The third-order valence-corrected chi connectivity index (χ3v) is 4.52. The van der Waals surface area contributed by atoms with Gasteiger partial charge in [0, 0.05) is 13.1 Å². The first-order chi connectivity index (χ1) is 14.2. The van der Waals surface area contributed by atoms with Crippen molar-refractivity contribution in [2.24, 2.45) is 0 Å². The number of aromatic nitrogens is 1. The number of ether oxygens (including phenoxy) is 1. The predicted molar refractivity (Wildman–Crippen MR) is 112 cm³/mol. The number of hydrogen-bond donors (Lipinski definition) is 2. The Hall–Kier alpha value is -3.41. The molecular weight excluding hydrogens is 369 g/mol. The van der Waals surface area contributed by atoms with Crippen LogP contribution in [0.15, 0.2) is 66.9 Å². The molecule has 0 bridgehead atoms. The Morgan fingerprint density at radius 3 is 2.52 bits per heavy atom. The largest absolute Gasteiger partial charge is 0.496 e. The van der Waals surface area contributed by atoms with Crippen molar-refractivity contribution in [3.63, 3.8) is 0 Å². The van der Waals surface area contributed by atoms with Crippen LogP contribution in [-0.4, -0.2) is 31.1 Å². The summed E-state index contributed by atoms with van der Waals surface area (Å²) in [5.41, 5.74) is 3.31. The fraction of sp³-hybridized carbons (Fsp3) is 0.217. The molecule has 0 unspecified atom stereocenters. The predicted octanol–water partition coefficient (Wildman–Crippen LogP) is 3.86. The number of benzene rings is 2. The van der Waals surface area contributed by atoms with Crippen molar-refractivity contribution in [3.8, 4) is 5.75 Å². The number of methoxy groups -OCH3 is 1. The van der Waals surface area contributed by atoms with E-state index in [9.17, 15) is 9.18 Å². The molecule has 0 spiro atoms. The van der Waals surface area contributed by atoms with E-state index in [0.717, 1.165) is 35.5 Å². The first-order valence-corrected chi connectivity index (χ1v) is 9.50. The van der Waals surface area contributed by atoms with E-state index in [0.29, 0.717) is 18.7 Å². The lowest BCUT2D eigenvalue weighted by Gasteiger charge is -2.10. The van der Waals surface area contributed by atoms with Gasteiger partial charge in [-0.1, -0.05) is 30.3 Å². The second-order valence-corrected chi connectivity index (χ2v) is 6.55. The van der Waals surface area contributed by atoms with Crippen molar-refractivity contribution in [1.82, 2.24) is 10.3 Å². The molecule has 0 fully saturated rings. The van der Waals surface area contributed by atoms with Crippen LogP contribution in [0, 0.1) is 5.82 Å². The second kappa shape index (κ2) is 10.2. The van der Waals surface area contributed by atoms with Crippen molar-refractivity contribution in [1.29, 1.82) is 0 Å². The van der Waals surface area contributed by atoms with Gasteiger partial charge in [-0.05, 0) is 54.3 Å². The Labute approximate surface area is 169 Å². The minimum Gasteiger partial charge on any atom is -0.496 e. The Bertz CT molecular complexity index is 928. The van der Waals surface area contributed by atoms with Gasteiger partial charge >= 0.3 is 0 Å². The smallest absolute Gasteiger partial charge is 0.269 e. The Morgan fingerprint density at radius 1 is 1.00 bits per heavy atom. The molecule has 29 heavy (non-hydrogen) atoms. The average molecular weight is 393 g/mol. The summed E-state index contributed by atoms with van der Waals surface area (Å²) in [5, 5.41) is 6.13. The average Bonchev–Trinajstić information content (AvgIpc) is 2.76. The topological polar surface area (TPSA) is 63.2 Å². The summed E-state index contributed by atoms with van der Waals surface area (Å²) in [6.45, 7) is 1.19. The third-order valence-electron chi connectivity index (χ3n) is 4.52. The zero-order valence-electron chi connectivity index (χ0n) is 16.3. The van der Waals surface area contributed by atoms with Crippen molar-refractivity contribution in [2.75, 3.05) is 25.5 Å². The molecule has 0 saturated heterocycles. The number of hydrogen-bond acceptors (Lipinski definition) is 4. The molecule has 3 aromatic rings. The standard InChI is InChI=1S/C23H24FN3O2/c1-29-22-5-3-2-4-18(22)13-15-25-20-10-11-21(27-16-20)23(28)26-14-12-17-6-8-19(24)9-7-17/h2-11,16,25H,12-15H2,1H3,(H,26,28). The maximum Gasteiger partial charge on any atom is 0.269 e. The van der Waals surface area contributed by atoms with Crippen LogP contribution in [0.1, 0.15) is 21.6 Å². The Morgan fingerprint density at radius 2 is 1.79 bits per heavy atom. The van der Waals surface area contributed by atoms with Crippen LogP contribution in [0.25, 0.3) is 0 Å². The van der Waals surface area contributed by atoms with E-state index in [1.54, 1.807) is 31.5 Å². The molecule has 1 aromatic heterocycles. The number of amides is 1. The minimum absolute atomic E-state index is 0.229. The molecule has 150 valence electrons. The van der Waals surface area contributed by atoms with Gasteiger partial charge in [-0.25, -0.2) is 9.37 Å². The van der Waals surface area contributed by atoms with Gasteiger partial charge in [0.2, 0.25) is 0 Å². The highest BCUT2D eigenvalue weighted by Crippen LogP contribution is 2.18. The number of nitrogens with one attached hydrogen (secondary N) is 2. The molecule has 2 N–H and O–H groups in total. The second-order valence-electron chi connectivity index (χ2n) is 6.55. The number of rotatable bonds is 9. The summed E-state index contributed by atoms with van der Waals surface area (Å²) in [6, 6.07) is 17.7. The van der Waals surface area contributed by atoms with Gasteiger partial charge in [-0.2, -0.15) is 0 Å². The molecule has 2 aromatic carbocycles. The number of para-hydroxylation sites is 1. The Kier molecular flexibility index (Phi) is 7.16. The SMILES string of the molecule is COc1ccccc1CCNc1ccc(C(=O)NCCc2ccc(F)cc2)nc1. The van der Waals surface area contributed by atoms with E-state index < -0.39 is 0 Å². The number of nitrogens with zero attached hydrogens (tertiary/aromatic N) is 1. The molecule has 0 saturated carbocycles. The van der Waals surface area contributed by atoms with Crippen molar-refractivity contribution < 1.29 is 13.9 Å². The lowest BCUT2D eigenvalue weighted by atomic mass is 10.1.